The average molecular weight is 535 g/mol. The smallest absolute Gasteiger partial charge is 0.325 e. The van der Waals surface area contributed by atoms with Crippen LogP contribution >= 0.6 is 0 Å². The molecule has 1 saturated carbocycles. The summed E-state index contributed by atoms with van der Waals surface area (Å²) in [5, 5.41) is 15.7. The van der Waals surface area contributed by atoms with Crippen molar-refractivity contribution in [3.63, 3.8) is 0 Å². The molecule has 0 aliphatic heterocycles. The normalized spacial score (nSPS) is 14.8. The summed E-state index contributed by atoms with van der Waals surface area (Å²) >= 11 is 0. The van der Waals surface area contributed by atoms with E-state index in [-0.39, 0.29) is 31.4 Å². The van der Waals surface area contributed by atoms with Gasteiger partial charge < -0.3 is 20.5 Å². The zero-order valence-corrected chi connectivity index (χ0v) is 22.9. The number of esters is 1. The van der Waals surface area contributed by atoms with Crippen LogP contribution in [0.15, 0.2) is 42.6 Å². The summed E-state index contributed by atoms with van der Waals surface area (Å²) in [5.74, 6) is -0.607. The lowest BCUT2D eigenvalue weighted by molar-refractivity contribution is -0.141. The summed E-state index contributed by atoms with van der Waals surface area (Å²) in [6.45, 7) is 6.23. The maximum atomic E-state index is 13.6. The Bertz CT molecular complexity index is 1310. The largest absolute Gasteiger partial charge is 0.481 e. The third kappa shape index (κ3) is 6.77. The van der Waals surface area contributed by atoms with Crippen molar-refractivity contribution in [1.29, 1.82) is 0 Å². The molecule has 1 aromatic carbocycles. The number of carboxylic acid groups (broad SMARTS) is 1. The quantitative estimate of drug-likeness (QED) is 0.287. The Morgan fingerprint density at radius 3 is 2.46 bits per heavy atom. The summed E-state index contributed by atoms with van der Waals surface area (Å²) in [7, 11) is 0. The third-order valence-electron chi connectivity index (χ3n) is 7.38. The fourth-order valence-electron chi connectivity index (χ4n) is 5.32. The summed E-state index contributed by atoms with van der Waals surface area (Å²) in [6, 6.07) is 11.1. The molecule has 1 amide bonds. The highest BCUT2D eigenvalue weighted by atomic mass is 16.5. The lowest BCUT2D eigenvalue weighted by atomic mass is 9.82. The number of hydrogen-bond acceptors (Lipinski definition) is 6. The van der Waals surface area contributed by atoms with Crippen molar-refractivity contribution < 1.29 is 24.2 Å². The number of anilines is 1. The van der Waals surface area contributed by atoms with Crippen LogP contribution in [0, 0.1) is 5.92 Å². The molecule has 4 rings (SSSR count). The van der Waals surface area contributed by atoms with Crippen molar-refractivity contribution in [1.82, 2.24) is 14.7 Å². The first-order chi connectivity index (χ1) is 18.8. The van der Waals surface area contributed by atoms with Crippen LogP contribution in [-0.4, -0.2) is 51.5 Å². The van der Waals surface area contributed by atoms with Gasteiger partial charge in [0.15, 0.2) is 5.65 Å². The first-order valence-corrected chi connectivity index (χ1v) is 13.8. The topological polar surface area (TPSA) is 122 Å². The molecule has 39 heavy (non-hydrogen) atoms. The van der Waals surface area contributed by atoms with E-state index in [0.29, 0.717) is 28.6 Å². The Morgan fingerprint density at radius 2 is 1.82 bits per heavy atom. The third-order valence-corrected chi connectivity index (χ3v) is 7.38. The number of carbonyl (C=O) groups is 3. The number of pyridine rings is 1. The molecule has 1 atom stereocenters. The fraction of sp³-hybridized carbons (Fsp3) is 0.467. The van der Waals surface area contributed by atoms with Gasteiger partial charge in [0.25, 0.3) is 5.91 Å². The molecule has 1 unspecified atom stereocenters. The highest BCUT2D eigenvalue weighted by Crippen LogP contribution is 2.32. The molecule has 1 aliphatic rings. The highest BCUT2D eigenvalue weighted by molar-refractivity contribution is 6.01. The molecule has 3 N–H and O–H groups in total. The predicted molar refractivity (Wildman–Crippen MR) is 150 cm³/mol. The van der Waals surface area contributed by atoms with Crippen molar-refractivity contribution in [2.75, 3.05) is 18.5 Å². The van der Waals surface area contributed by atoms with E-state index in [1.54, 1.807) is 29.7 Å². The van der Waals surface area contributed by atoms with Gasteiger partial charge in [-0.05, 0) is 49.3 Å². The zero-order valence-electron chi connectivity index (χ0n) is 22.9. The number of rotatable bonds is 11. The number of aromatic nitrogens is 2. The molecular formula is C30H38N4O5. The van der Waals surface area contributed by atoms with Crippen molar-refractivity contribution in [3.05, 3.63) is 53.7 Å². The van der Waals surface area contributed by atoms with E-state index < -0.39 is 18.0 Å². The second-order valence-electron chi connectivity index (χ2n) is 10.4. The maximum absolute atomic E-state index is 13.6. The Labute approximate surface area is 229 Å². The van der Waals surface area contributed by atoms with E-state index in [0.717, 1.165) is 37.7 Å². The molecular weight excluding hydrogens is 496 g/mol. The number of ether oxygens (including phenoxy) is 1. The molecule has 2 aromatic heterocycles. The SMILES string of the molecule is CCOC(=O)CNc1c(-c2ccc(C(C)C)cc2)nc2c(C(=O)NC(CC(=O)O)C3CCCCC3)cccn12. The van der Waals surface area contributed by atoms with Gasteiger partial charge in [0, 0.05) is 17.8 Å². The van der Waals surface area contributed by atoms with Gasteiger partial charge in [-0.2, -0.15) is 0 Å². The van der Waals surface area contributed by atoms with Crippen LogP contribution in [0.3, 0.4) is 0 Å². The van der Waals surface area contributed by atoms with Crippen molar-refractivity contribution in [2.45, 2.75) is 71.3 Å². The molecule has 3 aromatic rings. The minimum absolute atomic E-state index is 0.0580. The molecule has 2 heterocycles. The summed E-state index contributed by atoms with van der Waals surface area (Å²) < 4.78 is 6.85. The van der Waals surface area contributed by atoms with E-state index in [4.69, 9.17) is 9.72 Å². The van der Waals surface area contributed by atoms with Gasteiger partial charge in [-0.1, -0.05) is 57.4 Å². The second-order valence-corrected chi connectivity index (χ2v) is 10.4. The first kappa shape index (κ1) is 28.1. The highest BCUT2D eigenvalue weighted by Gasteiger charge is 2.29. The molecule has 9 heteroatoms. The molecule has 0 saturated heterocycles. The number of hydrogen-bond donors (Lipinski definition) is 3. The standard InChI is InChI=1S/C30H38N4O5/c1-4-39-26(37)18-31-29-27(22-14-12-20(13-15-22)19(2)3)33-28-23(11-8-16-34(28)29)30(38)32-24(17-25(35)36)21-9-6-5-7-10-21/h8,11-16,19,21,24,31H,4-7,9-10,17-18H2,1-3H3,(H,32,38)(H,35,36). The Kier molecular flexibility index (Phi) is 9.22. The molecule has 0 radical (unpaired) electrons. The molecule has 1 aliphatic carbocycles. The van der Waals surface area contributed by atoms with E-state index in [9.17, 15) is 19.5 Å². The Balaban J connectivity index is 1.71. The molecule has 0 spiro atoms. The van der Waals surface area contributed by atoms with Crippen LogP contribution in [0.5, 0.6) is 0 Å². The average Bonchev–Trinajstić information content (AvgIpc) is 3.30. The van der Waals surface area contributed by atoms with Gasteiger partial charge in [0.1, 0.15) is 18.1 Å². The monoisotopic (exact) mass is 534 g/mol. The van der Waals surface area contributed by atoms with Crippen molar-refractivity contribution >= 4 is 29.3 Å². The number of benzene rings is 1. The Morgan fingerprint density at radius 1 is 1.10 bits per heavy atom. The van der Waals surface area contributed by atoms with Gasteiger partial charge in [-0.25, -0.2) is 4.98 Å². The summed E-state index contributed by atoms with van der Waals surface area (Å²) in [4.78, 5) is 42.2. The van der Waals surface area contributed by atoms with E-state index in [2.05, 4.69) is 24.5 Å². The molecule has 0 bridgehead atoms. The van der Waals surface area contributed by atoms with Crippen molar-refractivity contribution in [3.8, 4) is 11.3 Å². The number of nitrogens with one attached hydrogen (secondary N) is 2. The van der Waals surface area contributed by atoms with Crippen LogP contribution < -0.4 is 10.6 Å². The first-order valence-electron chi connectivity index (χ1n) is 13.8. The summed E-state index contributed by atoms with van der Waals surface area (Å²) in [5.41, 5.74) is 3.39. The lowest BCUT2D eigenvalue weighted by Gasteiger charge is -2.30. The van der Waals surface area contributed by atoms with E-state index in [1.165, 1.54) is 5.56 Å². The van der Waals surface area contributed by atoms with Crippen LogP contribution in [0.1, 0.15) is 81.1 Å². The van der Waals surface area contributed by atoms with Gasteiger partial charge in [-0.15, -0.1) is 0 Å². The predicted octanol–water partition coefficient (Wildman–Crippen LogP) is 5.25. The molecule has 1 fully saturated rings. The summed E-state index contributed by atoms with van der Waals surface area (Å²) in [6.07, 6.45) is 6.71. The zero-order chi connectivity index (χ0) is 27.9. The molecule has 208 valence electrons. The number of nitrogens with zero attached hydrogens (tertiary/aromatic N) is 2. The second kappa shape index (κ2) is 12.8. The van der Waals surface area contributed by atoms with Gasteiger partial charge >= 0.3 is 11.9 Å². The van der Waals surface area contributed by atoms with Crippen LogP contribution in [-0.2, 0) is 14.3 Å². The minimum atomic E-state index is -0.928. The number of imidazole rings is 1. The number of carbonyl (C=O) groups excluding carboxylic acids is 2. The number of fused-ring (bicyclic) bond motifs is 1. The van der Waals surface area contributed by atoms with E-state index in [1.807, 2.05) is 24.3 Å². The van der Waals surface area contributed by atoms with Gasteiger partial charge in [0.05, 0.1) is 18.6 Å². The number of aliphatic carboxylic acids is 1. The van der Waals surface area contributed by atoms with Gasteiger partial charge in [0.2, 0.25) is 0 Å². The number of amides is 1. The molecule has 9 nitrogen and oxygen atoms in total. The number of carboxylic acids is 1. The fourth-order valence-corrected chi connectivity index (χ4v) is 5.32. The van der Waals surface area contributed by atoms with E-state index >= 15 is 0 Å². The van der Waals surface area contributed by atoms with Crippen LogP contribution in [0.25, 0.3) is 16.9 Å². The lowest BCUT2D eigenvalue weighted by Crippen LogP contribution is -2.42. The van der Waals surface area contributed by atoms with Crippen LogP contribution in [0.4, 0.5) is 5.82 Å². The minimum Gasteiger partial charge on any atom is -0.481 e. The maximum Gasteiger partial charge on any atom is 0.325 e. The van der Waals surface area contributed by atoms with Crippen molar-refractivity contribution in [2.24, 2.45) is 5.92 Å². The van der Waals surface area contributed by atoms with Gasteiger partial charge in [-0.3, -0.25) is 18.8 Å². The van der Waals surface area contributed by atoms with Crippen LogP contribution in [0.2, 0.25) is 0 Å². The Hall–Kier alpha value is -3.88.